The maximum atomic E-state index is 10.6. The van der Waals surface area contributed by atoms with E-state index in [1.54, 1.807) is 0 Å². The van der Waals surface area contributed by atoms with Crippen LogP contribution in [0, 0.1) is 11.8 Å². The number of hydrogen-bond acceptors (Lipinski definition) is 2. The molecule has 10 heavy (non-hydrogen) atoms. The highest BCUT2D eigenvalue weighted by Gasteiger charge is 2.59. The second-order valence-electron chi connectivity index (χ2n) is 3.49. The first kappa shape index (κ1) is 6.16. The van der Waals surface area contributed by atoms with Crippen LogP contribution >= 0.6 is 0 Å². The van der Waals surface area contributed by atoms with Gasteiger partial charge in [-0.25, -0.2) is 0 Å². The summed E-state index contributed by atoms with van der Waals surface area (Å²) in [6.45, 7) is 0. The Morgan fingerprint density at radius 2 is 2.40 bits per heavy atom. The predicted molar refractivity (Wildman–Crippen MR) is 35.4 cm³/mol. The Labute approximate surface area is 59.2 Å². The van der Waals surface area contributed by atoms with Crippen molar-refractivity contribution in [3.63, 3.8) is 0 Å². The highest BCUT2D eigenvalue weighted by atomic mass is 16.4. The minimum absolute atomic E-state index is 0.296. The van der Waals surface area contributed by atoms with Gasteiger partial charge in [-0.15, -0.1) is 0 Å². The van der Waals surface area contributed by atoms with Gasteiger partial charge in [0.1, 0.15) is 5.54 Å². The number of fused-ring (bicyclic) bond motifs is 1. The zero-order valence-corrected chi connectivity index (χ0v) is 5.71. The Kier molecular flexibility index (Phi) is 0.944. The van der Waals surface area contributed by atoms with Crippen molar-refractivity contribution in [3.8, 4) is 0 Å². The fourth-order valence-corrected chi connectivity index (χ4v) is 2.07. The van der Waals surface area contributed by atoms with Crippen molar-refractivity contribution >= 4 is 5.97 Å². The molecule has 2 aliphatic rings. The van der Waals surface area contributed by atoms with Crippen molar-refractivity contribution in [1.82, 2.24) is 0 Å². The van der Waals surface area contributed by atoms with Crippen molar-refractivity contribution < 1.29 is 9.90 Å². The Balaban J connectivity index is 2.21. The molecule has 0 aromatic carbocycles. The van der Waals surface area contributed by atoms with Gasteiger partial charge in [0.05, 0.1) is 0 Å². The Morgan fingerprint density at radius 3 is 2.60 bits per heavy atom. The van der Waals surface area contributed by atoms with Crippen molar-refractivity contribution in [2.75, 3.05) is 0 Å². The number of carbonyl (C=O) groups is 1. The minimum Gasteiger partial charge on any atom is -0.480 e. The van der Waals surface area contributed by atoms with E-state index in [0.717, 1.165) is 12.8 Å². The van der Waals surface area contributed by atoms with Crippen LogP contribution in [-0.4, -0.2) is 16.6 Å². The summed E-state index contributed by atoms with van der Waals surface area (Å²) >= 11 is 0. The lowest BCUT2D eigenvalue weighted by Gasteiger charge is -2.19. The van der Waals surface area contributed by atoms with Gasteiger partial charge in [0.2, 0.25) is 0 Å². The maximum Gasteiger partial charge on any atom is 0.323 e. The summed E-state index contributed by atoms with van der Waals surface area (Å²) in [7, 11) is 0. The van der Waals surface area contributed by atoms with E-state index in [0.29, 0.717) is 18.3 Å². The van der Waals surface area contributed by atoms with Crippen molar-refractivity contribution in [3.05, 3.63) is 0 Å². The molecular formula is C7H11NO2. The van der Waals surface area contributed by atoms with E-state index in [1.807, 2.05) is 0 Å². The average molecular weight is 141 g/mol. The molecule has 2 aliphatic carbocycles. The van der Waals surface area contributed by atoms with E-state index < -0.39 is 11.5 Å². The highest BCUT2D eigenvalue weighted by molar-refractivity contribution is 5.80. The van der Waals surface area contributed by atoms with Gasteiger partial charge in [0.25, 0.3) is 0 Å². The molecule has 3 atom stereocenters. The number of hydrogen-bond donors (Lipinski definition) is 2. The SMILES string of the molecule is N[C@@]1(C(=O)O)CC[C@H]2C[C@@H]21. The molecule has 0 saturated heterocycles. The van der Waals surface area contributed by atoms with Crippen LogP contribution < -0.4 is 5.73 Å². The minimum atomic E-state index is -0.856. The molecule has 0 spiro atoms. The molecular weight excluding hydrogens is 130 g/mol. The lowest BCUT2D eigenvalue weighted by molar-refractivity contribution is -0.143. The Bertz CT molecular complexity index is 192. The van der Waals surface area contributed by atoms with Gasteiger partial charge in [-0.2, -0.15) is 0 Å². The molecule has 0 bridgehead atoms. The van der Waals surface area contributed by atoms with Crippen LogP contribution in [0.25, 0.3) is 0 Å². The van der Waals surface area contributed by atoms with Gasteiger partial charge in [-0.3, -0.25) is 4.79 Å². The molecule has 3 N–H and O–H groups in total. The van der Waals surface area contributed by atoms with Crippen LogP contribution in [0.1, 0.15) is 19.3 Å². The third-order valence-corrected chi connectivity index (χ3v) is 2.91. The van der Waals surface area contributed by atoms with Crippen molar-refractivity contribution in [2.45, 2.75) is 24.8 Å². The van der Waals surface area contributed by atoms with E-state index in [1.165, 1.54) is 0 Å². The molecule has 2 fully saturated rings. The molecule has 0 unspecified atom stereocenters. The molecule has 0 aromatic heterocycles. The number of carboxylic acids is 1. The molecule has 0 heterocycles. The second kappa shape index (κ2) is 1.53. The van der Waals surface area contributed by atoms with E-state index in [2.05, 4.69) is 0 Å². The molecule has 2 saturated carbocycles. The van der Waals surface area contributed by atoms with Gasteiger partial charge in [0.15, 0.2) is 0 Å². The molecule has 0 aliphatic heterocycles. The summed E-state index contributed by atoms with van der Waals surface area (Å²) in [4.78, 5) is 10.6. The summed E-state index contributed by atoms with van der Waals surface area (Å²) < 4.78 is 0. The van der Waals surface area contributed by atoms with Gasteiger partial charge in [-0.1, -0.05) is 0 Å². The third kappa shape index (κ3) is 0.560. The Morgan fingerprint density at radius 1 is 1.70 bits per heavy atom. The first-order chi connectivity index (χ1) is 4.64. The van der Waals surface area contributed by atoms with Crippen LogP contribution in [-0.2, 0) is 4.79 Å². The van der Waals surface area contributed by atoms with Crippen LogP contribution in [0.5, 0.6) is 0 Å². The number of aliphatic carboxylic acids is 1. The molecule has 0 radical (unpaired) electrons. The molecule has 3 heteroatoms. The molecule has 56 valence electrons. The summed E-state index contributed by atoms with van der Waals surface area (Å²) in [5.74, 6) is 0.128. The van der Waals surface area contributed by atoms with Gasteiger partial charge < -0.3 is 10.8 Å². The fourth-order valence-electron chi connectivity index (χ4n) is 2.07. The van der Waals surface area contributed by atoms with E-state index >= 15 is 0 Å². The molecule has 3 nitrogen and oxygen atoms in total. The van der Waals surface area contributed by atoms with E-state index in [-0.39, 0.29) is 0 Å². The first-order valence-electron chi connectivity index (χ1n) is 3.67. The number of rotatable bonds is 1. The lowest BCUT2D eigenvalue weighted by Crippen LogP contribution is -2.48. The monoisotopic (exact) mass is 141 g/mol. The average Bonchev–Trinajstić information content (AvgIpc) is 2.56. The van der Waals surface area contributed by atoms with E-state index in [4.69, 9.17) is 10.8 Å². The summed E-state index contributed by atoms with van der Waals surface area (Å²) in [6.07, 6.45) is 2.74. The van der Waals surface area contributed by atoms with Gasteiger partial charge in [-0.05, 0) is 31.1 Å². The standard InChI is InChI=1S/C7H11NO2/c8-7(6(9)10)2-1-4-3-5(4)7/h4-5H,1-3,8H2,(H,9,10)/t4-,5-,7-/m0/s1. The summed E-state index contributed by atoms with van der Waals surface area (Å²) in [5, 5.41) is 8.74. The van der Waals surface area contributed by atoms with Gasteiger partial charge in [0, 0.05) is 0 Å². The van der Waals surface area contributed by atoms with Crippen molar-refractivity contribution in [1.29, 1.82) is 0 Å². The predicted octanol–water partition coefficient (Wildman–Crippen LogP) is 0.198. The van der Waals surface area contributed by atoms with Crippen molar-refractivity contribution in [2.24, 2.45) is 17.6 Å². The van der Waals surface area contributed by atoms with Gasteiger partial charge >= 0.3 is 5.97 Å². The molecule has 0 aromatic rings. The summed E-state index contributed by atoms with van der Waals surface area (Å²) in [5.41, 5.74) is 4.83. The highest BCUT2D eigenvalue weighted by Crippen LogP contribution is 2.56. The molecule has 2 rings (SSSR count). The normalized spacial score (nSPS) is 50.5. The van der Waals surface area contributed by atoms with Crippen LogP contribution in [0.3, 0.4) is 0 Å². The van der Waals surface area contributed by atoms with Crippen LogP contribution in [0.2, 0.25) is 0 Å². The quantitative estimate of drug-likeness (QED) is 0.548. The Hall–Kier alpha value is -0.570. The largest absolute Gasteiger partial charge is 0.480 e. The lowest BCUT2D eigenvalue weighted by atomic mass is 9.95. The first-order valence-corrected chi connectivity index (χ1v) is 3.67. The number of nitrogens with two attached hydrogens (primary N) is 1. The fraction of sp³-hybridized carbons (Fsp3) is 0.857. The maximum absolute atomic E-state index is 10.6. The second-order valence-corrected chi connectivity index (χ2v) is 3.49. The smallest absolute Gasteiger partial charge is 0.323 e. The van der Waals surface area contributed by atoms with E-state index in [9.17, 15) is 4.79 Å². The zero-order chi connectivity index (χ0) is 7.35. The zero-order valence-electron chi connectivity index (χ0n) is 5.71. The van der Waals surface area contributed by atoms with Crippen LogP contribution in [0.4, 0.5) is 0 Å². The van der Waals surface area contributed by atoms with Crippen LogP contribution in [0.15, 0.2) is 0 Å². The topological polar surface area (TPSA) is 63.3 Å². The summed E-state index contributed by atoms with van der Waals surface area (Å²) in [6, 6.07) is 0. The number of carboxylic acid groups (broad SMARTS) is 1. The molecule has 0 amide bonds. The third-order valence-electron chi connectivity index (χ3n) is 2.91.